The number of aromatic nitrogens is 2. The molecular formula is C15H17BrN4O. The summed E-state index contributed by atoms with van der Waals surface area (Å²) in [6.45, 7) is 1.90. The van der Waals surface area contributed by atoms with Crippen molar-refractivity contribution < 1.29 is 4.79 Å². The molecule has 6 heteroatoms. The first-order valence-electron chi connectivity index (χ1n) is 6.53. The Balaban J connectivity index is 2.23. The number of nitrogens with one attached hydrogen (secondary N) is 1. The van der Waals surface area contributed by atoms with Gasteiger partial charge in [0.25, 0.3) is 5.91 Å². The summed E-state index contributed by atoms with van der Waals surface area (Å²) in [6.07, 6.45) is 3.39. The molecular weight excluding hydrogens is 332 g/mol. The lowest BCUT2D eigenvalue weighted by atomic mass is 10.1. The molecule has 1 atom stereocenters. The lowest BCUT2D eigenvalue weighted by molar-refractivity contribution is 0.0939. The Bertz CT molecular complexity index is 631. The van der Waals surface area contributed by atoms with Crippen molar-refractivity contribution in [1.82, 2.24) is 15.3 Å². The maximum atomic E-state index is 12.5. The van der Waals surface area contributed by atoms with Gasteiger partial charge in [-0.1, -0.05) is 6.07 Å². The Morgan fingerprint density at radius 1 is 1.33 bits per heavy atom. The molecule has 2 heterocycles. The summed E-state index contributed by atoms with van der Waals surface area (Å²) in [7, 11) is 3.71. The average molecular weight is 349 g/mol. The lowest BCUT2D eigenvalue weighted by Gasteiger charge is -2.18. The molecule has 1 N–H and O–H groups in total. The van der Waals surface area contributed by atoms with Gasteiger partial charge in [-0.3, -0.25) is 9.78 Å². The molecule has 0 saturated heterocycles. The van der Waals surface area contributed by atoms with E-state index in [1.807, 2.05) is 44.1 Å². The van der Waals surface area contributed by atoms with Crippen molar-refractivity contribution in [2.45, 2.75) is 13.0 Å². The molecule has 110 valence electrons. The van der Waals surface area contributed by atoms with Gasteiger partial charge in [0.1, 0.15) is 5.82 Å². The van der Waals surface area contributed by atoms with E-state index in [0.717, 1.165) is 10.2 Å². The summed E-state index contributed by atoms with van der Waals surface area (Å²) in [4.78, 5) is 22.8. The van der Waals surface area contributed by atoms with E-state index in [4.69, 9.17) is 0 Å². The zero-order chi connectivity index (χ0) is 15.4. The number of amides is 1. The fourth-order valence-corrected chi connectivity index (χ4v) is 2.27. The average Bonchev–Trinajstić information content (AvgIpc) is 2.47. The van der Waals surface area contributed by atoms with Crippen LogP contribution in [0.25, 0.3) is 0 Å². The van der Waals surface area contributed by atoms with Gasteiger partial charge in [-0.25, -0.2) is 4.98 Å². The highest BCUT2D eigenvalue weighted by molar-refractivity contribution is 9.10. The maximum Gasteiger partial charge on any atom is 0.255 e. The molecule has 0 radical (unpaired) electrons. The normalized spacial score (nSPS) is 11.8. The fraction of sp³-hybridized carbons (Fsp3) is 0.267. The second-order valence-electron chi connectivity index (χ2n) is 4.87. The molecule has 0 spiro atoms. The Morgan fingerprint density at radius 2 is 2.10 bits per heavy atom. The molecule has 0 fully saturated rings. The molecule has 0 saturated carbocycles. The minimum absolute atomic E-state index is 0.173. The van der Waals surface area contributed by atoms with Crippen LogP contribution in [0.1, 0.15) is 29.0 Å². The minimum Gasteiger partial charge on any atom is -0.362 e. The van der Waals surface area contributed by atoms with Crippen molar-refractivity contribution in [3.63, 3.8) is 0 Å². The number of pyridine rings is 2. The van der Waals surface area contributed by atoms with Crippen molar-refractivity contribution in [3.8, 4) is 0 Å². The topological polar surface area (TPSA) is 58.1 Å². The van der Waals surface area contributed by atoms with Gasteiger partial charge in [0.2, 0.25) is 0 Å². The van der Waals surface area contributed by atoms with Crippen LogP contribution in [-0.4, -0.2) is 30.0 Å². The number of hydrogen-bond donors (Lipinski definition) is 1. The third-order valence-electron chi connectivity index (χ3n) is 2.98. The van der Waals surface area contributed by atoms with Gasteiger partial charge in [0, 0.05) is 31.0 Å². The summed E-state index contributed by atoms with van der Waals surface area (Å²) in [6, 6.07) is 7.23. The van der Waals surface area contributed by atoms with Gasteiger partial charge in [-0.2, -0.15) is 0 Å². The summed E-state index contributed by atoms with van der Waals surface area (Å²) >= 11 is 3.35. The van der Waals surface area contributed by atoms with E-state index in [0.29, 0.717) is 11.4 Å². The minimum atomic E-state index is -0.175. The molecule has 0 unspecified atom stereocenters. The monoisotopic (exact) mass is 348 g/mol. The second-order valence-corrected chi connectivity index (χ2v) is 5.78. The standard InChI is InChI=1S/C15H17BrN4O/c1-10(13-6-4-5-7-17-13)19-15(21)12-8-11(16)9-18-14(12)20(2)3/h4-10H,1-3H3,(H,19,21)/t10-/m1/s1. The van der Waals surface area contributed by atoms with Crippen LogP contribution in [0.5, 0.6) is 0 Å². The SMILES string of the molecule is C[C@@H](NC(=O)c1cc(Br)cnc1N(C)C)c1ccccn1. The van der Waals surface area contributed by atoms with Crippen molar-refractivity contribution >= 4 is 27.7 Å². The van der Waals surface area contributed by atoms with Crippen LogP contribution in [0.15, 0.2) is 41.1 Å². The fourth-order valence-electron chi connectivity index (χ4n) is 1.94. The van der Waals surface area contributed by atoms with E-state index in [1.54, 1.807) is 18.5 Å². The molecule has 0 bridgehead atoms. The van der Waals surface area contributed by atoms with Gasteiger partial charge in [-0.05, 0) is 41.1 Å². The first-order chi connectivity index (χ1) is 9.99. The Hall–Kier alpha value is -1.95. The van der Waals surface area contributed by atoms with E-state index < -0.39 is 0 Å². The van der Waals surface area contributed by atoms with E-state index in [9.17, 15) is 4.79 Å². The molecule has 0 aliphatic carbocycles. The molecule has 2 aromatic heterocycles. The van der Waals surface area contributed by atoms with Crippen molar-refractivity contribution in [1.29, 1.82) is 0 Å². The number of nitrogens with zero attached hydrogens (tertiary/aromatic N) is 3. The second kappa shape index (κ2) is 6.67. The number of rotatable bonds is 4. The van der Waals surface area contributed by atoms with Gasteiger partial charge < -0.3 is 10.2 Å². The van der Waals surface area contributed by atoms with Gasteiger partial charge in [0.05, 0.1) is 17.3 Å². The summed E-state index contributed by atoms with van der Waals surface area (Å²) in [5.41, 5.74) is 1.34. The van der Waals surface area contributed by atoms with E-state index in [-0.39, 0.29) is 11.9 Å². The van der Waals surface area contributed by atoms with E-state index >= 15 is 0 Å². The van der Waals surface area contributed by atoms with Crippen LogP contribution in [0.4, 0.5) is 5.82 Å². The molecule has 2 aromatic rings. The van der Waals surface area contributed by atoms with Gasteiger partial charge in [0.15, 0.2) is 0 Å². The first kappa shape index (κ1) is 15.4. The Morgan fingerprint density at radius 3 is 2.71 bits per heavy atom. The molecule has 0 aliphatic heterocycles. The zero-order valence-electron chi connectivity index (χ0n) is 12.2. The van der Waals surface area contributed by atoms with Crippen molar-refractivity contribution in [2.75, 3.05) is 19.0 Å². The number of carbonyl (C=O) groups is 1. The smallest absolute Gasteiger partial charge is 0.255 e. The molecule has 2 rings (SSSR count). The quantitative estimate of drug-likeness (QED) is 0.922. The highest BCUT2D eigenvalue weighted by atomic mass is 79.9. The zero-order valence-corrected chi connectivity index (χ0v) is 13.8. The van der Waals surface area contributed by atoms with E-state index in [1.165, 1.54) is 0 Å². The summed E-state index contributed by atoms with van der Waals surface area (Å²) < 4.78 is 0.767. The Labute approximate surface area is 132 Å². The number of anilines is 1. The first-order valence-corrected chi connectivity index (χ1v) is 7.33. The molecule has 0 aromatic carbocycles. The van der Waals surface area contributed by atoms with Crippen molar-refractivity contribution in [3.05, 3.63) is 52.4 Å². The highest BCUT2D eigenvalue weighted by Gasteiger charge is 2.18. The van der Waals surface area contributed by atoms with Crippen LogP contribution >= 0.6 is 15.9 Å². The largest absolute Gasteiger partial charge is 0.362 e. The van der Waals surface area contributed by atoms with Crippen LogP contribution in [0.3, 0.4) is 0 Å². The third-order valence-corrected chi connectivity index (χ3v) is 3.41. The lowest BCUT2D eigenvalue weighted by Crippen LogP contribution is -2.29. The Kier molecular flexibility index (Phi) is 4.90. The molecule has 5 nitrogen and oxygen atoms in total. The molecule has 21 heavy (non-hydrogen) atoms. The van der Waals surface area contributed by atoms with Crippen molar-refractivity contribution in [2.24, 2.45) is 0 Å². The van der Waals surface area contributed by atoms with Crippen LogP contribution in [-0.2, 0) is 0 Å². The maximum absolute atomic E-state index is 12.5. The van der Waals surface area contributed by atoms with Crippen LogP contribution in [0.2, 0.25) is 0 Å². The predicted molar refractivity (Wildman–Crippen MR) is 86.4 cm³/mol. The van der Waals surface area contributed by atoms with Gasteiger partial charge >= 0.3 is 0 Å². The summed E-state index contributed by atoms with van der Waals surface area (Å²) in [5.74, 6) is 0.453. The highest BCUT2D eigenvalue weighted by Crippen LogP contribution is 2.21. The van der Waals surface area contributed by atoms with Crippen LogP contribution in [0, 0.1) is 0 Å². The third kappa shape index (κ3) is 3.78. The number of carbonyl (C=O) groups excluding carboxylic acids is 1. The predicted octanol–water partition coefficient (Wildman–Crippen LogP) is 2.80. The van der Waals surface area contributed by atoms with E-state index in [2.05, 4.69) is 31.2 Å². The molecule has 0 aliphatic rings. The number of hydrogen-bond acceptors (Lipinski definition) is 4. The number of halogens is 1. The van der Waals surface area contributed by atoms with Crippen LogP contribution < -0.4 is 10.2 Å². The van der Waals surface area contributed by atoms with Gasteiger partial charge in [-0.15, -0.1) is 0 Å². The molecule has 1 amide bonds. The summed E-state index contributed by atoms with van der Waals surface area (Å²) in [5, 5.41) is 2.95.